The molecule has 2 aromatic rings. The average Bonchev–Trinajstić information content (AvgIpc) is 2.64. The third kappa shape index (κ3) is 4.90. The number of amides is 1. The molecule has 2 aromatic carbocycles. The Morgan fingerprint density at radius 3 is 2.41 bits per heavy atom. The number of carbonyl (C=O) groups excluding carboxylic acids is 1. The van der Waals surface area contributed by atoms with Crippen LogP contribution in [0.1, 0.15) is 30.1 Å². The molecule has 1 heterocycles. The van der Waals surface area contributed by atoms with E-state index < -0.39 is 27.3 Å². The molecule has 0 bridgehead atoms. The van der Waals surface area contributed by atoms with Gasteiger partial charge >= 0.3 is 0 Å². The molecule has 3 rings (SSSR count). The number of hydrogen-bond donors (Lipinski definition) is 2. The van der Waals surface area contributed by atoms with Crippen molar-refractivity contribution in [2.24, 2.45) is 0 Å². The molecule has 1 aliphatic rings. The second kappa shape index (κ2) is 8.20. The summed E-state index contributed by atoms with van der Waals surface area (Å²) in [5.74, 6) is -1.28. The van der Waals surface area contributed by atoms with Gasteiger partial charge < -0.3 is 10.4 Å². The van der Waals surface area contributed by atoms with Crippen molar-refractivity contribution < 1.29 is 22.7 Å². The molecular weight excluding hydrogens is 442 g/mol. The predicted octanol–water partition coefficient (Wildman–Crippen LogP) is 3.92. The van der Waals surface area contributed by atoms with E-state index in [2.05, 4.69) is 5.32 Å². The molecule has 0 aliphatic carbocycles. The highest BCUT2D eigenvalue weighted by molar-refractivity contribution is 7.89. The number of rotatable bonds is 4. The van der Waals surface area contributed by atoms with E-state index >= 15 is 0 Å². The van der Waals surface area contributed by atoms with E-state index in [9.17, 15) is 22.7 Å². The number of piperidine rings is 1. The minimum absolute atomic E-state index is 0.0443. The molecule has 6 nitrogen and oxygen atoms in total. The molecule has 1 fully saturated rings. The molecule has 1 saturated heterocycles. The summed E-state index contributed by atoms with van der Waals surface area (Å²) < 4.78 is 40.4. The summed E-state index contributed by atoms with van der Waals surface area (Å²) in [6, 6.07) is 7.53. The van der Waals surface area contributed by atoms with Crippen LogP contribution in [-0.2, 0) is 10.0 Å². The first kappa shape index (κ1) is 22.0. The number of sulfonamides is 1. The monoisotopic (exact) mass is 460 g/mol. The van der Waals surface area contributed by atoms with Crippen LogP contribution < -0.4 is 5.32 Å². The van der Waals surface area contributed by atoms with E-state index in [0.717, 1.165) is 6.07 Å². The Labute approximate surface area is 178 Å². The molecule has 0 unspecified atom stereocenters. The number of carbonyl (C=O) groups is 1. The van der Waals surface area contributed by atoms with Gasteiger partial charge in [0.25, 0.3) is 5.91 Å². The molecule has 29 heavy (non-hydrogen) atoms. The lowest BCUT2D eigenvalue weighted by molar-refractivity contribution is 0.0126. The van der Waals surface area contributed by atoms with Crippen molar-refractivity contribution in [3.8, 4) is 0 Å². The van der Waals surface area contributed by atoms with Gasteiger partial charge in [0.15, 0.2) is 0 Å². The molecule has 0 aromatic heterocycles. The Balaban J connectivity index is 1.85. The first-order valence-electron chi connectivity index (χ1n) is 8.78. The van der Waals surface area contributed by atoms with Gasteiger partial charge in [-0.05, 0) is 56.2 Å². The van der Waals surface area contributed by atoms with Crippen LogP contribution in [0.3, 0.4) is 0 Å². The summed E-state index contributed by atoms with van der Waals surface area (Å²) in [5.41, 5.74) is -0.700. The third-order valence-corrected chi connectivity index (χ3v) is 7.31. The zero-order valence-electron chi connectivity index (χ0n) is 15.5. The number of hydrogen-bond acceptors (Lipinski definition) is 4. The summed E-state index contributed by atoms with van der Waals surface area (Å²) in [4.78, 5) is 12.5. The minimum atomic E-state index is -3.86. The molecule has 0 atom stereocenters. The maximum atomic E-state index is 13.3. The Morgan fingerprint density at radius 1 is 1.14 bits per heavy atom. The zero-order chi connectivity index (χ0) is 21.4. The van der Waals surface area contributed by atoms with Crippen LogP contribution in [0.5, 0.6) is 0 Å². The zero-order valence-corrected chi connectivity index (χ0v) is 17.8. The molecule has 0 saturated carbocycles. The fraction of sp³-hybridized carbons (Fsp3) is 0.316. The van der Waals surface area contributed by atoms with Crippen LogP contribution in [0.2, 0.25) is 10.0 Å². The van der Waals surface area contributed by atoms with E-state index in [1.54, 1.807) is 6.92 Å². The summed E-state index contributed by atoms with van der Waals surface area (Å²) in [5, 5.41) is 12.5. The molecule has 1 aliphatic heterocycles. The molecule has 2 N–H and O–H groups in total. The second-order valence-corrected chi connectivity index (χ2v) is 9.88. The van der Waals surface area contributed by atoms with Crippen LogP contribution in [-0.4, -0.2) is 42.4 Å². The van der Waals surface area contributed by atoms with E-state index in [0.29, 0.717) is 12.8 Å². The largest absolute Gasteiger partial charge is 0.390 e. The number of halogens is 3. The topological polar surface area (TPSA) is 86.7 Å². The first-order chi connectivity index (χ1) is 13.5. The number of nitrogens with one attached hydrogen (secondary N) is 1. The van der Waals surface area contributed by atoms with Gasteiger partial charge in [-0.3, -0.25) is 4.79 Å². The lowest BCUT2D eigenvalue weighted by Crippen LogP contribution is -2.45. The fourth-order valence-electron chi connectivity index (χ4n) is 2.97. The smallest absolute Gasteiger partial charge is 0.257 e. The predicted molar refractivity (Wildman–Crippen MR) is 109 cm³/mol. The molecule has 10 heteroatoms. The van der Waals surface area contributed by atoms with Gasteiger partial charge in [-0.1, -0.05) is 23.2 Å². The molecule has 0 radical (unpaired) electrons. The minimum Gasteiger partial charge on any atom is -0.390 e. The fourth-order valence-corrected chi connectivity index (χ4v) is 4.82. The number of aliphatic hydroxyl groups is 1. The van der Waals surface area contributed by atoms with Crippen molar-refractivity contribution >= 4 is 44.8 Å². The SMILES string of the molecule is CC1(O)CCN(S(=O)(=O)c2ccc(Cl)c(C(=O)Nc3ccc(F)c(Cl)c3)c2)CC1. The van der Waals surface area contributed by atoms with Crippen molar-refractivity contribution in [1.29, 1.82) is 0 Å². The van der Waals surface area contributed by atoms with Crippen molar-refractivity contribution in [2.45, 2.75) is 30.3 Å². The molecule has 156 valence electrons. The maximum absolute atomic E-state index is 13.3. The normalized spacial score (nSPS) is 17.1. The number of benzene rings is 2. The Bertz CT molecular complexity index is 1050. The van der Waals surface area contributed by atoms with Crippen LogP contribution in [0.25, 0.3) is 0 Å². The van der Waals surface area contributed by atoms with Gasteiger partial charge in [0.05, 0.1) is 26.1 Å². The van der Waals surface area contributed by atoms with E-state index in [-0.39, 0.29) is 39.3 Å². The second-order valence-electron chi connectivity index (χ2n) is 7.13. The summed E-state index contributed by atoms with van der Waals surface area (Å²) in [6.45, 7) is 2.02. The average molecular weight is 461 g/mol. The van der Waals surface area contributed by atoms with Gasteiger partial charge in [0.1, 0.15) is 5.82 Å². The van der Waals surface area contributed by atoms with E-state index in [1.165, 1.54) is 34.6 Å². The van der Waals surface area contributed by atoms with E-state index in [1.807, 2.05) is 0 Å². The first-order valence-corrected chi connectivity index (χ1v) is 11.0. The summed E-state index contributed by atoms with van der Waals surface area (Å²) >= 11 is 11.8. The van der Waals surface area contributed by atoms with Crippen molar-refractivity contribution in [3.63, 3.8) is 0 Å². The highest BCUT2D eigenvalue weighted by Crippen LogP contribution is 2.29. The number of anilines is 1. The van der Waals surface area contributed by atoms with Gasteiger partial charge in [-0.25, -0.2) is 12.8 Å². The van der Waals surface area contributed by atoms with Gasteiger partial charge in [-0.2, -0.15) is 4.31 Å². The Morgan fingerprint density at radius 2 is 1.79 bits per heavy atom. The van der Waals surface area contributed by atoms with Crippen LogP contribution in [0.15, 0.2) is 41.3 Å². The van der Waals surface area contributed by atoms with Crippen LogP contribution in [0.4, 0.5) is 10.1 Å². The van der Waals surface area contributed by atoms with Crippen molar-refractivity contribution in [2.75, 3.05) is 18.4 Å². The van der Waals surface area contributed by atoms with Crippen LogP contribution >= 0.6 is 23.2 Å². The number of nitrogens with zero attached hydrogens (tertiary/aromatic N) is 1. The Hall–Kier alpha value is -1.71. The van der Waals surface area contributed by atoms with E-state index in [4.69, 9.17) is 23.2 Å². The van der Waals surface area contributed by atoms with Crippen molar-refractivity contribution in [3.05, 3.63) is 57.8 Å². The summed E-state index contributed by atoms with van der Waals surface area (Å²) in [6.07, 6.45) is 0.636. The quantitative estimate of drug-likeness (QED) is 0.723. The summed E-state index contributed by atoms with van der Waals surface area (Å²) in [7, 11) is -3.86. The molecule has 1 amide bonds. The molecule has 0 spiro atoms. The third-order valence-electron chi connectivity index (χ3n) is 4.80. The lowest BCUT2D eigenvalue weighted by Gasteiger charge is -2.35. The highest BCUT2D eigenvalue weighted by Gasteiger charge is 2.34. The van der Waals surface area contributed by atoms with Gasteiger partial charge in [0.2, 0.25) is 10.0 Å². The van der Waals surface area contributed by atoms with Crippen molar-refractivity contribution in [1.82, 2.24) is 4.31 Å². The standard InChI is InChI=1S/C19H19Cl2FN2O4S/c1-19(26)6-8-24(9-7-19)29(27,28)13-3-4-15(20)14(11-13)18(25)23-12-2-5-17(22)16(21)10-12/h2-5,10-11,26H,6-9H2,1H3,(H,23,25). The van der Waals surface area contributed by atoms with Gasteiger partial charge in [0, 0.05) is 18.8 Å². The lowest BCUT2D eigenvalue weighted by atomic mass is 9.95. The maximum Gasteiger partial charge on any atom is 0.257 e. The highest BCUT2D eigenvalue weighted by atomic mass is 35.5. The van der Waals surface area contributed by atoms with Gasteiger partial charge in [-0.15, -0.1) is 0 Å². The molecular formula is C19H19Cl2FN2O4S. The van der Waals surface area contributed by atoms with Crippen LogP contribution in [0, 0.1) is 5.82 Å². The Kier molecular flexibility index (Phi) is 6.21.